The van der Waals surface area contributed by atoms with Gasteiger partial charge in [0.25, 0.3) is 0 Å². The van der Waals surface area contributed by atoms with Crippen LogP contribution in [0, 0.1) is 11.8 Å². The first-order valence-electron chi connectivity index (χ1n) is 7.79. The van der Waals surface area contributed by atoms with Crippen LogP contribution in [0.5, 0.6) is 0 Å². The molecule has 2 saturated carbocycles. The SMILES string of the molecule is CC(C)(C)OC(=O)COC1CCCC2CCCCC21. The van der Waals surface area contributed by atoms with Crippen molar-refractivity contribution in [2.45, 2.75) is 77.4 Å². The van der Waals surface area contributed by atoms with Crippen LogP contribution in [0.3, 0.4) is 0 Å². The summed E-state index contributed by atoms with van der Waals surface area (Å²) in [5.74, 6) is 1.29. The maximum absolute atomic E-state index is 11.7. The lowest BCUT2D eigenvalue weighted by Gasteiger charge is -2.41. The van der Waals surface area contributed by atoms with Crippen molar-refractivity contribution in [3.63, 3.8) is 0 Å². The second-order valence-corrected chi connectivity index (χ2v) is 7.08. The van der Waals surface area contributed by atoms with E-state index in [1.807, 2.05) is 20.8 Å². The molecule has 0 radical (unpaired) electrons. The molecule has 0 bridgehead atoms. The number of carbonyl (C=O) groups is 1. The van der Waals surface area contributed by atoms with E-state index in [0.29, 0.717) is 5.92 Å². The van der Waals surface area contributed by atoms with Gasteiger partial charge < -0.3 is 9.47 Å². The highest BCUT2D eigenvalue weighted by atomic mass is 16.6. The van der Waals surface area contributed by atoms with Gasteiger partial charge in [-0.1, -0.05) is 25.7 Å². The summed E-state index contributed by atoms with van der Waals surface area (Å²) < 4.78 is 11.2. The predicted molar refractivity (Wildman–Crippen MR) is 74.9 cm³/mol. The molecule has 3 heteroatoms. The first kappa shape index (κ1) is 14.8. The maximum atomic E-state index is 11.7. The molecule has 2 rings (SSSR count). The third kappa shape index (κ3) is 4.48. The number of hydrogen-bond acceptors (Lipinski definition) is 3. The van der Waals surface area contributed by atoms with Crippen LogP contribution < -0.4 is 0 Å². The van der Waals surface area contributed by atoms with E-state index < -0.39 is 5.60 Å². The molecule has 2 aliphatic rings. The topological polar surface area (TPSA) is 35.5 Å². The Labute approximate surface area is 117 Å². The molecule has 0 heterocycles. The van der Waals surface area contributed by atoms with Crippen LogP contribution in [0.2, 0.25) is 0 Å². The largest absolute Gasteiger partial charge is 0.458 e. The summed E-state index contributed by atoms with van der Waals surface area (Å²) in [7, 11) is 0. The lowest BCUT2D eigenvalue weighted by atomic mass is 9.69. The number of carbonyl (C=O) groups excluding carboxylic acids is 1. The van der Waals surface area contributed by atoms with Crippen LogP contribution in [-0.2, 0) is 14.3 Å². The monoisotopic (exact) mass is 268 g/mol. The van der Waals surface area contributed by atoms with E-state index in [1.165, 1.54) is 38.5 Å². The van der Waals surface area contributed by atoms with Crippen molar-refractivity contribution < 1.29 is 14.3 Å². The molecule has 0 N–H and O–H groups in total. The van der Waals surface area contributed by atoms with Gasteiger partial charge in [-0.25, -0.2) is 4.79 Å². The van der Waals surface area contributed by atoms with E-state index in [1.54, 1.807) is 0 Å². The standard InChI is InChI=1S/C16H28O3/c1-16(2,3)19-15(17)11-18-14-10-6-8-12-7-4-5-9-13(12)14/h12-14H,4-11H2,1-3H3. The zero-order chi connectivity index (χ0) is 13.9. The molecule has 0 aromatic rings. The van der Waals surface area contributed by atoms with Crippen LogP contribution >= 0.6 is 0 Å². The van der Waals surface area contributed by atoms with Crippen LogP contribution in [0.25, 0.3) is 0 Å². The summed E-state index contributed by atoms with van der Waals surface area (Å²) >= 11 is 0. The Bertz CT molecular complexity index is 304. The summed E-state index contributed by atoms with van der Waals surface area (Å²) in [6, 6.07) is 0. The molecule has 0 spiro atoms. The first-order valence-corrected chi connectivity index (χ1v) is 7.79. The van der Waals surface area contributed by atoms with Gasteiger partial charge in [-0.3, -0.25) is 0 Å². The van der Waals surface area contributed by atoms with Gasteiger partial charge in [-0.05, 0) is 51.9 Å². The highest BCUT2D eigenvalue weighted by Crippen LogP contribution is 2.41. The fourth-order valence-corrected chi connectivity index (χ4v) is 3.63. The lowest BCUT2D eigenvalue weighted by molar-refractivity contribution is -0.165. The summed E-state index contributed by atoms with van der Waals surface area (Å²) in [4.78, 5) is 11.7. The van der Waals surface area contributed by atoms with Crippen molar-refractivity contribution in [1.29, 1.82) is 0 Å². The lowest BCUT2D eigenvalue weighted by Crippen LogP contribution is -2.38. The minimum absolute atomic E-state index is 0.116. The average molecular weight is 268 g/mol. The van der Waals surface area contributed by atoms with E-state index in [2.05, 4.69) is 0 Å². The van der Waals surface area contributed by atoms with Crippen molar-refractivity contribution in [3.8, 4) is 0 Å². The van der Waals surface area contributed by atoms with Gasteiger partial charge in [-0.2, -0.15) is 0 Å². The third-order valence-electron chi connectivity index (χ3n) is 4.34. The Hall–Kier alpha value is -0.570. The van der Waals surface area contributed by atoms with E-state index >= 15 is 0 Å². The second kappa shape index (κ2) is 6.25. The molecule has 2 fully saturated rings. The molecule has 19 heavy (non-hydrogen) atoms. The number of ether oxygens (including phenoxy) is 2. The Morgan fingerprint density at radius 2 is 1.74 bits per heavy atom. The van der Waals surface area contributed by atoms with Crippen molar-refractivity contribution in [1.82, 2.24) is 0 Å². The molecule has 2 aliphatic carbocycles. The zero-order valence-corrected chi connectivity index (χ0v) is 12.6. The van der Waals surface area contributed by atoms with Gasteiger partial charge in [0.2, 0.25) is 0 Å². The molecular formula is C16H28O3. The summed E-state index contributed by atoms with van der Waals surface area (Å²) in [5, 5.41) is 0. The molecule has 0 aromatic carbocycles. The summed E-state index contributed by atoms with van der Waals surface area (Å²) in [6.45, 7) is 5.79. The van der Waals surface area contributed by atoms with Crippen LogP contribution in [0.4, 0.5) is 0 Å². The quantitative estimate of drug-likeness (QED) is 0.732. The van der Waals surface area contributed by atoms with Gasteiger partial charge in [0, 0.05) is 0 Å². The second-order valence-electron chi connectivity index (χ2n) is 7.08. The normalized spacial score (nSPS) is 31.6. The van der Waals surface area contributed by atoms with E-state index in [0.717, 1.165) is 12.3 Å². The van der Waals surface area contributed by atoms with E-state index in [9.17, 15) is 4.79 Å². The molecule has 3 unspecified atom stereocenters. The van der Waals surface area contributed by atoms with E-state index in [4.69, 9.17) is 9.47 Å². The van der Waals surface area contributed by atoms with E-state index in [-0.39, 0.29) is 18.7 Å². The van der Waals surface area contributed by atoms with Crippen molar-refractivity contribution in [2.75, 3.05) is 6.61 Å². The molecule has 0 amide bonds. The average Bonchev–Trinajstić information content (AvgIpc) is 2.34. The third-order valence-corrected chi connectivity index (χ3v) is 4.34. The van der Waals surface area contributed by atoms with Crippen LogP contribution in [-0.4, -0.2) is 24.3 Å². The Kier molecular flexibility index (Phi) is 4.88. The molecule has 0 aliphatic heterocycles. The molecule has 3 atom stereocenters. The van der Waals surface area contributed by atoms with Gasteiger partial charge in [0.05, 0.1) is 6.10 Å². The zero-order valence-electron chi connectivity index (χ0n) is 12.6. The van der Waals surface area contributed by atoms with Crippen LogP contribution in [0.1, 0.15) is 65.7 Å². The first-order chi connectivity index (χ1) is 8.96. The maximum Gasteiger partial charge on any atom is 0.332 e. The van der Waals surface area contributed by atoms with Gasteiger partial charge in [0.1, 0.15) is 12.2 Å². The molecule has 3 nitrogen and oxygen atoms in total. The van der Waals surface area contributed by atoms with Crippen molar-refractivity contribution >= 4 is 5.97 Å². The van der Waals surface area contributed by atoms with Crippen molar-refractivity contribution in [3.05, 3.63) is 0 Å². The fourth-order valence-electron chi connectivity index (χ4n) is 3.63. The number of hydrogen-bond donors (Lipinski definition) is 0. The van der Waals surface area contributed by atoms with Gasteiger partial charge in [0.15, 0.2) is 0 Å². The molecule has 0 aromatic heterocycles. The minimum Gasteiger partial charge on any atom is -0.458 e. The Morgan fingerprint density at radius 3 is 2.47 bits per heavy atom. The minimum atomic E-state index is -0.416. The predicted octanol–water partition coefficient (Wildman–Crippen LogP) is 3.70. The highest BCUT2D eigenvalue weighted by Gasteiger charge is 2.35. The summed E-state index contributed by atoms with van der Waals surface area (Å²) in [6.07, 6.45) is 9.35. The highest BCUT2D eigenvalue weighted by molar-refractivity contribution is 5.71. The number of esters is 1. The number of fused-ring (bicyclic) bond motifs is 1. The molecule has 110 valence electrons. The summed E-state index contributed by atoms with van der Waals surface area (Å²) in [5.41, 5.74) is -0.416. The number of rotatable bonds is 3. The Balaban J connectivity index is 1.79. The Morgan fingerprint density at radius 1 is 1.05 bits per heavy atom. The molecule has 0 saturated heterocycles. The van der Waals surface area contributed by atoms with Crippen LogP contribution in [0.15, 0.2) is 0 Å². The van der Waals surface area contributed by atoms with Crippen molar-refractivity contribution in [2.24, 2.45) is 11.8 Å². The fraction of sp³-hybridized carbons (Fsp3) is 0.938. The smallest absolute Gasteiger partial charge is 0.332 e. The molecular weight excluding hydrogens is 240 g/mol. The van der Waals surface area contributed by atoms with Gasteiger partial charge >= 0.3 is 5.97 Å². The van der Waals surface area contributed by atoms with Gasteiger partial charge in [-0.15, -0.1) is 0 Å².